The maximum Gasteiger partial charge on any atom is 0.115 e. The molecule has 0 amide bonds. The summed E-state index contributed by atoms with van der Waals surface area (Å²) in [5.41, 5.74) is 10.1. The van der Waals surface area contributed by atoms with E-state index in [1.165, 1.54) is 12.0 Å². The SMILES string of the molecule is CCCc1ccc(-c2nn(C(C)C)cc2N)cc1. The average Bonchev–Trinajstić information content (AvgIpc) is 2.73. The van der Waals surface area contributed by atoms with Crippen LogP contribution < -0.4 is 5.73 Å². The lowest BCUT2D eigenvalue weighted by Gasteiger charge is -2.04. The molecule has 2 rings (SSSR count). The van der Waals surface area contributed by atoms with Gasteiger partial charge in [-0.05, 0) is 25.8 Å². The number of hydrogen-bond donors (Lipinski definition) is 1. The van der Waals surface area contributed by atoms with E-state index < -0.39 is 0 Å². The Morgan fingerprint density at radius 1 is 1.22 bits per heavy atom. The van der Waals surface area contributed by atoms with Crippen LogP contribution in [-0.4, -0.2) is 9.78 Å². The van der Waals surface area contributed by atoms with Crippen LogP contribution in [0.1, 0.15) is 38.8 Å². The van der Waals surface area contributed by atoms with Gasteiger partial charge in [0.2, 0.25) is 0 Å². The number of hydrogen-bond acceptors (Lipinski definition) is 2. The van der Waals surface area contributed by atoms with Gasteiger partial charge in [0.1, 0.15) is 5.69 Å². The van der Waals surface area contributed by atoms with Crippen molar-refractivity contribution in [3.63, 3.8) is 0 Å². The minimum Gasteiger partial charge on any atom is -0.396 e. The van der Waals surface area contributed by atoms with Gasteiger partial charge in [-0.2, -0.15) is 5.10 Å². The zero-order valence-corrected chi connectivity index (χ0v) is 11.4. The summed E-state index contributed by atoms with van der Waals surface area (Å²) in [4.78, 5) is 0. The lowest BCUT2D eigenvalue weighted by molar-refractivity contribution is 0.534. The maximum absolute atomic E-state index is 6.02. The molecule has 3 heteroatoms. The number of rotatable bonds is 4. The minimum atomic E-state index is 0.334. The van der Waals surface area contributed by atoms with E-state index in [1.54, 1.807) is 0 Å². The Kier molecular flexibility index (Phi) is 3.70. The molecular formula is C15H21N3. The Morgan fingerprint density at radius 3 is 2.39 bits per heavy atom. The van der Waals surface area contributed by atoms with Crippen LogP contribution in [0, 0.1) is 0 Å². The molecule has 0 spiro atoms. The molecule has 1 aromatic carbocycles. The molecule has 0 bridgehead atoms. The van der Waals surface area contributed by atoms with Gasteiger partial charge >= 0.3 is 0 Å². The van der Waals surface area contributed by atoms with Gasteiger partial charge in [-0.1, -0.05) is 37.6 Å². The summed E-state index contributed by atoms with van der Waals surface area (Å²) in [5, 5.41) is 4.55. The Morgan fingerprint density at radius 2 is 1.89 bits per heavy atom. The van der Waals surface area contributed by atoms with Crippen LogP contribution >= 0.6 is 0 Å². The standard InChI is InChI=1S/C15H21N3/c1-4-5-12-6-8-13(9-7-12)15-14(16)10-18(17-15)11(2)3/h6-11H,4-5,16H2,1-3H3. The van der Waals surface area contributed by atoms with E-state index >= 15 is 0 Å². The molecule has 2 aromatic rings. The summed E-state index contributed by atoms with van der Waals surface area (Å²) in [6, 6.07) is 8.86. The van der Waals surface area contributed by atoms with E-state index in [0.717, 1.165) is 23.4 Å². The lowest BCUT2D eigenvalue weighted by atomic mass is 10.1. The average molecular weight is 243 g/mol. The number of nitrogens with zero attached hydrogens (tertiary/aromatic N) is 2. The number of nitrogen functional groups attached to an aromatic ring is 1. The van der Waals surface area contributed by atoms with Crippen LogP contribution in [-0.2, 0) is 6.42 Å². The van der Waals surface area contributed by atoms with Crippen LogP contribution in [0.2, 0.25) is 0 Å². The first-order valence-electron chi connectivity index (χ1n) is 6.55. The van der Waals surface area contributed by atoms with Gasteiger partial charge in [0, 0.05) is 17.8 Å². The minimum absolute atomic E-state index is 0.334. The van der Waals surface area contributed by atoms with Crippen molar-refractivity contribution in [2.75, 3.05) is 5.73 Å². The molecule has 0 aliphatic heterocycles. The number of aryl methyl sites for hydroxylation is 1. The highest BCUT2D eigenvalue weighted by Crippen LogP contribution is 2.25. The van der Waals surface area contributed by atoms with E-state index in [4.69, 9.17) is 5.73 Å². The molecule has 18 heavy (non-hydrogen) atoms. The number of benzene rings is 1. The molecule has 0 saturated heterocycles. The second-order valence-corrected chi connectivity index (χ2v) is 4.95. The van der Waals surface area contributed by atoms with Gasteiger partial charge in [0.25, 0.3) is 0 Å². The summed E-state index contributed by atoms with van der Waals surface area (Å²) in [6.45, 7) is 6.39. The highest BCUT2D eigenvalue weighted by molar-refractivity contribution is 5.72. The van der Waals surface area contributed by atoms with E-state index in [-0.39, 0.29) is 0 Å². The number of anilines is 1. The summed E-state index contributed by atoms with van der Waals surface area (Å²) in [7, 11) is 0. The molecule has 2 N–H and O–H groups in total. The fourth-order valence-corrected chi connectivity index (χ4v) is 2.01. The zero-order chi connectivity index (χ0) is 13.1. The van der Waals surface area contributed by atoms with Crippen molar-refractivity contribution in [3.05, 3.63) is 36.0 Å². The van der Waals surface area contributed by atoms with Crippen molar-refractivity contribution in [2.24, 2.45) is 0 Å². The predicted octanol–water partition coefficient (Wildman–Crippen LogP) is 3.67. The Bertz CT molecular complexity index is 509. The van der Waals surface area contributed by atoms with Crippen LogP contribution in [0.3, 0.4) is 0 Å². The molecule has 0 atom stereocenters. The largest absolute Gasteiger partial charge is 0.396 e. The van der Waals surface area contributed by atoms with Crippen LogP contribution in [0.5, 0.6) is 0 Å². The Balaban J connectivity index is 2.30. The fraction of sp³-hybridized carbons (Fsp3) is 0.400. The van der Waals surface area contributed by atoms with Gasteiger partial charge in [-0.3, -0.25) is 4.68 Å². The van der Waals surface area contributed by atoms with Crippen molar-refractivity contribution in [1.82, 2.24) is 9.78 Å². The van der Waals surface area contributed by atoms with Crippen molar-refractivity contribution in [3.8, 4) is 11.3 Å². The van der Waals surface area contributed by atoms with Gasteiger partial charge in [-0.15, -0.1) is 0 Å². The topological polar surface area (TPSA) is 43.8 Å². The molecule has 0 saturated carbocycles. The predicted molar refractivity (Wildman–Crippen MR) is 76.5 cm³/mol. The molecule has 0 aliphatic carbocycles. The lowest BCUT2D eigenvalue weighted by Crippen LogP contribution is -2.00. The van der Waals surface area contributed by atoms with Crippen molar-refractivity contribution < 1.29 is 0 Å². The molecule has 0 radical (unpaired) electrons. The summed E-state index contributed by atoms with van der Waals surface area (Å²) in [6.07, 6.45) is 4.19. The molecule has 1 heterocycles. The van der Waals surface area contributed by atoms with E-state index in [9.17, 15) is 0 Å². The van der Waals surface area contributed by atoms with Crippen LogP contribution in [0.15, 0.2) is 30.5 Å². The van der Waals surface area contributed by atoms with Gasteiger partial charge in [0.15, 0.2) is 0 Å². The summed E-state index contributed by atoms with van der Waals surface area (Å²) < 4.78 is 1.91. The van der Waals surface area contributed by atoms with Crippen LogP contribution in [0.25, 0.3) is 11.3 Å². The first kappa shape index (κ1) is 12.7. The monoisotopic (exact) mass is 243 g/mol. The second kappa shape index (κ2) is 5.25. The van der Waals surface area contributed by atoms with Crippen molar-refractivity contribution in [2.45, 2.75) is 39.7 Å². The molecule has 3 nitrogen and oxygen atoms in total. The molecule has 1 aromatic heterocycles. The van der Waals surface area contributed by atoms with Crippen LogP contribution in [0.4, 0.5) is 5.69 Å². The van der Waals surface area contributed by atoms with Crippen molar-refractivity contribution >= 4 is 5.69 Å². The quantitative estimate of drug-likeness (QED) is 0.890. The smallest absolute Gasteiger partial charge is 0.115 e. The molecule has 0 aliphatic rings. The molecular weight excluding hydrogens is 222 g/mol. The third-order valence-electron chi connectivity index (χ3n) is 3.06. The number of nitrogens with two attached hydrogens (primary N) is 1. The Labute approximate surface area is 109 Å². The highest BCUT2D eigenvalue weighted by Gasteiger charge is 2.09. The van der Waals surface area contributed by atoms with E-state index in [0.29, 0.717) is 6.04 Å². The third-order valence-corrected chi connectivity index (χ3v) is 3.06. The maximum atomic E-state index is 6.02. The zero-order valence-electron chi connectivity index (χ0n) is 11.4. The van der Waals surface area contributed by atoms with Crippen molar-refractivity contribution in [1.29, 1.82) is 0 Å². The summed E-state index contributed by atoms with van der Waals surface area (Å²) in [5.74, 6) is 0. The summed E-state index contributed by atoms with van der Waals surface area (Å²) >= 11 is 0. The molecule has 96 valence electrons. The molecule has 0 unspecified atom stereocenters. The highest BCUT2D eigenvalue weighted by atomic mass is 15.3. The first-order valence-corrected chi connectivity index (χ1v) is 6.55. The fourth-order valence-electron chi connectivity index (χ4n) is 2.01. The normalized spacial score (nSPS) is 11.1. The first-order chi connectivity index (χ1) is 8.61. The third kappa shape index (κ3) is 2.55. The van der Waals surface area contributed by atoms with Gasteiger partial charge < -0.3 is 5.73 Å². The van der Waals surface area contributed by atoms with E-state index in [2.05, 4.69) is 50.1 Å². The van der Waals surface area contributed by atoms with E-state index in [1.807, 2.05) is 10.9 Å². The molecule has 0 fully saturated rings. The second-order valence-electron chi connectivity index (χ2n) is 4.95. The van der Waals surface area contributed by atoms with Gasteiger partial charge in [-0.25, -0.2) is 0 Å². The Hall–Kier alpha value is -1.77. The van der Waals surface area contributed by atoms with Gasteiger partial charge in [0.05, 0.1) is 5.69 Å². The number of aromatic nitrogens is 2.